The number of rotatable bonds is 4. The highest BCUT2D eigenvalue weighted by atomic mass is 16.5. The van der Waals surface area contributed by atoms with Gasteiger partial charge in [0.25, 0.3) is 0 Å². The topological polar surface area (TPSA) is 61.9 Å². The Hall–Kier alpha value is -2.50. The van der Waals surface area contributed by atoms with E-state index < -0.39 is 0 Å². The predicted octanol–water partition coefficient (Wildman–Crippen LogP) is 3.12. The molecule has 3 aliphatic heterocycles. The molecule has 3 aliphatic rings. The summed E-state index contributed by atoms with van der Waals surface area (Å²) in [5.74, 6) is 0.829. The van der Waals surface area contributed by atoms with Gasteiger partial charge in [0.2, 0.25) is 5.91 Å². The molecule has 3 fully saturated rings. The van der Waals surface area contributed by atoms with E-state index in [-0.39, 0.29) is 23.9 Å². The van der Waals surface area contributed by atoms with Gasteiger partial charge in [-0.1, -0.05) is 11.6 Å². The summed E-state index contributed by atoms with van der Waals surface area (Å²) in [4.78, 5) is 29.2. The molecular formula is C20H27N3O3. The zero-order valence-electron chi connectivity index (χ0n) is 15.7. The number of piperidine rings is 1. The molecular weight excluding hydrogens is 330 g/mol. The molecule has 2 atom stereocenters. The van der Waals surface area contributed by atoms with Gasteiger partial charge in [-0.05, 0) is 51.0 Å². The first kappa shape index (κ1) is 18.3. The SMILES string of the molecule is COc1ccc(NC(=O)N2C[C@@H]3CC[C@H](C2)N(CC=C(C)C)C3=O)cc1. The van der Waals surface area contributed by atoms with Gasteiger partial charge in [0.1, 0.15) is 5.75 Å². The molecule has 0 aliphatic carbocycles. The van der Waals surface area contributed by atoms with Crippen molar-refractivity contribution in [2.75, 3.05) is 32.1 Å². The standard InChI is InChI=1S/C20H27N3O3/c1-14(2)10-11-23-17-7-4-15(19(23)24)12-22(13-17)20(25)21-16-5-8-18(26-3)9-6-16/h5-6,8-10,15,17H,4,7,11-13H2,1-3H3,(H,21,25)/t15-,17+/m0/s1. The molecule has 0 spiro atoms. The molecule has 140 valence electrons. The lowest BCUT2D eigenvalue weighted by Crippen LogP contribution is -2.48. The van der Waals surface area contributed by atoms with Crippen molar-refractivity contribution in [3.63, 3.8) is 0 Å². The monoisotopic (exact) mass is 357 g/mol. The van der Waals surface area contributed by atoms with Crippen LogP contribution in [0.5, 0.6) is 5.75 Å². The molecule has 3 saturated heterocycles. The Bertz CT molecular complexity index is 695. The number of nitrogens with one attached hydrogen (secondary N) is 1. The van der Waals surface area contributed by atoms with E-state index in [1.807, 2.05) is 43.0 Å². The van der Waals surface area contributed by atoms with Gasteiger partial charge in [0, 0.05) is 31.4 Å². The molecule has 1 aromatic carbocycles. The van der Waals surface area contributed by atoms with E-state index in [0.29, 0.717) is 19.6 Å². The van der Waals surface area contributed by atoms with Crippen molar-refractivity contribution in [3.8, 4) is 5.75 Å². The van der Waals surface area contributed by atoms with Crippen molar-refractivity contribution in [1.82, 2.24) is 9.80 Å². The van der Waals surface area contributed by atoms with Crippen LogP contribution in [-0.4, -0.2) is 54.5 Å². The van der Waals surface area contributed by atoms with Crippen molar-refractivity contribution >= 4 is 17.6 Å². The van der Waals surface area contributed by atoms with E-state index in [4.69, 9.17) is 4.74 Å². The Morgan fingerprint density at radius 2 is 1.96 bits per heavy atom. The predicted molar refractivity (Wildman–Crippen MR) is 101 cm³/mol. The number of fused-ring (bicyclic) bond motifs is 4. The van der Waals surface area contributed by atoms with Crippen LogP contribution in [0.1, 0.15) is 26.7 Å². The molecule has 26 heavy (non-hydrogen) atoms. The van der Waals surface area contributed by atoms with Crippen molar-refractivity contribution in [2.24, 2.45) is 5.92 Å². The van der Waals surface area contributed by atoms with E-state index in [2.05, 4.69) is 11.4 Å². The zero-order valence-corrected chi connectivity index (χ0v) is 15.7. The number of hydrogen-bond acceptors (Lipinski definition) is 3. The second kappa shape index (κ2) is 7.81. The molecule has 1 N–H and O–H groups in total. The first-order valence-electron chi connectivity index (χ1n) is 9.11. The van der Waals surface area contributed by atoms with Crippen molar-refractivity contribution in [1.29, 1.82) is 0 Å². The third-order valence-electron chi connectivity index (χ3n) is 5.12. The number of nitrogens with zero attached hydrogens (tertiary/aromatic N) is 2. The number of methoxy groups -OCH3 is 1. The quantitative estimate of drug-likeness (QED) is 0.842. The van der Waals surface area contributed by atoms with Crippen LogP contribution in [0.3, 0.4) is 0 Å². The molecule has 0 unspecified atom stereocenters. The number of anilines is 1. The van der Waals surface area contributed by atoms with Gasteiger partial charge in [-0.2, -0.15) is 0 Å². The summed E-state index contributed by atoms with van der Waals surface area (Å²) in [6.07, 6.45) is 3.90. The van der Waals surface area contributed by atoms with Gasteiger partial charge >= 0.3 is 6.03 Å². The summed E-state index contributed by atoms with van der Waals surface area (Å²) in [6, 6.07) is 7.20. The number of ether oxygens (including phenoxy) is 1. The third kappa shape index (κ3) is 4.00. The highest BCUT2D eigenvalue weighted by Gasteiger charge is 2.41. The first-order valence-corrected chi connectivity index (χ1v) is 9.11. The minimum Gasteiger partial charge on any atom is -0.497 e. The first-order chi connectivity index (χ1) is 12.5. The number of hydrogen-bond donors (Lipinski definition) is 1. The maximum atomic E-state index is 12.7. The van der Waals surface area contributed by atoms with Gasteiger partial charge in [-0.15, -0.1) is 0 Å². The Morgan fingerprint density at radius 3 is 2.62 bits per heavy atom. The van der Waals surface area contributed by atoms with Gasteiger partial charge in [-0.3, -0.25) is 4.79 Å². The fourth-order valence-corrected chi connectivity index (χ4v) is 3.60. The Kier molecular flexibility index (Phi) is 5.49. The maximum Gasteiger partial charge on any atom is 0.321 e. The van der Waals surface area contributed by atoms with E-state index in [0.717, 1.165) is 24.3 Å². The molecule has 2 bridgehead atoms. The maximum absolute atomic E-state index is 12.7. The Morgan fingerprint density at radius 1 is 1.23 bits per heavy atom. The largest absolute Gasteiger partial charge is 0.497 e. The second-order valence-electron chi connectivity index (χ2n) is 7.26. The fraction of sp³-hybridized carbons (Fsp3) is 0.500. The molecule has 1 aromatic rings. The van der Waals surface area contributed by atoms with Gasteiger partial charge < -0.3 is 19.9 Å². The van der Waals surface area contributed by atoms with Gasteiger partial charge in [0.15, 0.2) is 0 Å². The number of urea groups is 1. The molecule has 4 rings (SSSR count). The van der Waals surface area contributed by atoms with Crippen LogP contribution in [0.15, 0.2) is 35.9 Å². The zero-order chi connectivity index (χ0) is 18.7. The van der Waals surface area contributed by atoms with Crippen molar-refractivity contribution in [3.05, 3.63) is 35.9 Å². The molecule has 3 heterocycles. The van der Waals surface area contributed by atoms with Crippen LogP contribution in [0.25, 0.3) is 0 Å². The van der Waals surface area contributed by atoms with Crippen LogP contribution in [0, 0.1) is 5.92 Å². The number of carbonyl (C=O) groups excluding carboxylic acids is 2. The molecule has 0 aromatic heterocycles. The lowest BCUT2D eigenvalue weighted by molar-refractivity contribution is -0.139. The minimum atomic E-state index is -0.149. The number of benzene rings is 1. The van der Waals surface area contributed by atoms with Gasteiger partial charge in [-0.25, -0.2) is 4.79 Å². The van der Waals surface area contributed by atoms with Gasteiger partial charge in [0.05, 0.1) is 13.0 Å². The third-order valence-corrected chi connectivity index (χ3v) is 5.12. The lowest BCUT2D eigenvalue weighted by atomic mass is 9.94. The average molecular weight is 357 g/mol. The molecule has 6 nitrogen and oxygen atoms in total. The summed E-state index contributed by atoms with van der Waals surface area (Å²) in [7, 11) is 1.61. The molecule has 0 radical (unpaired) electrons. The number of allylic oxidation sites excluding steroid dienone is 1. The summed E-state index contributed by atoms with van der Waals surface area (Å²) < 4.78 is 5.14. The molecule has 3 amide bonds. The average Bonchev–Trinajstić information content (AvgIpc) is 2.92. The van der Waals surface area contributed by atoms with E-state index in [1.165, 1.54) is 5.57 Å². The Labute approximate surface area is 154 Å². The molecule has 0 saturated carbocycles. The highest BCUT2D eigenvalue weighted by molar-refractivity contribution is 5.90. The number of amides is 3. The summed E-state index contributed by atoms with van der Waals surface area (Å²) in [6.45, 7) is 5.78. The van der Waals surface area contributed by atoms with Crippen molar-refractivity contribution < 1.29 is 14.3 Å². The van der Waals surface area contributed by atoms with Crippen LogP contribution in [-0.2, 0) is 4.79 Å². The fourth-order valence-electron chi connectivity index (χ4n) is 3.60. The van der Waals surface area contributed by atoms with E-state index >= 15 is 0 Å². The Balaban J connectivity index is 1.68. The van der Waals surface area contributed by atoms with Crippen LogP contribution in [0.2, 0.25) is 0 Å². The summed E-state index contributed by atoms with van der Waals surface area (Å²) in [5, 5.41) is 2.93. The smallest absolute Gasteiger partial charge is 0.321 e. The number of carbonyl (C=O) groups is 2. The van der Waals surface area contributed by atoms with Crippen molar-refractivity contribution in [2.45, 2.75) is 32.7 Å². The second-order valence-corrected chi connectivity index (χ2v) is 7.26. The van der Waals surface area contributed by atoms with Crippen LogP contribution < -0.4 is 10.1 Å². The van der Waals surface area contributed by atoms with Crippen LogP contribution >= 0.6 is 0 Å². The highest BCUT2D eigenvalue weighted by Crippen LogP contribution is 2.29. The van der Waals surface area contributed by atoms with Crippen LogP contribution in [0.4, 0.5) is 10.5 Å². The van der Waals surface area contributed by atoms with E-state index in [1.54, 1.807) is 12.0 Å². The summed E-state index contributed by atoms with van der Waals surface area (Å²) >= 11 is 0. The van der Waals surface area contributed by atoms with E-state index in [9.17, 15) is 9.59 Å². The normalized spacial score (nSPS) is 22.0. The summed E-state index contributed by atoms with van der Waals surface area (Å²) in [5.41, 5.74) is 1.92. The minimum absolute atomic E-state index is 0.0958. The molecule has 6 heteroatoms. The lowest BCUT2D eigenvalue weighted by Gasteiger charge is -2.35.